The number of morpholine rings is 1. The van der Waals surface area contributed by atoms with E-state index in [1.165, 1.54) is 0 Å². The summed E-state index contributed by atoms with van der Waals surface area (Å²) in [7, 11) is 1.91. The van der Waals surface area contributed by atoms with E-state index in [0.717, 1.165) is 11.5 Å². The van der Waals surface area contributed by atoms with Gasteiger partial charge >= 0.3 is 0 Å². The lowest BCUT2D eigenvalue weighted by atomic mass is 10.1. The van der Waals surface area contributed by atoms with Gasteiger partial charge in [0.1, 0.15) is 6.33 Å². The van der Waals surface area contributed by atoms with Crippen molar-refractivity contribution in [3.63, 3.8) is 0 Å². The van der Waals surface area contributed by atoms with Crippen molar-refractivity contribution >= 4 is 11.6 Å². The second-order valence-electron chi connectivity index (χ2n) is 6.26. The van der Waals surface area contributed by atoms with Crippen molar-refractivity contribution in [2.24, 2.45) is 7.05 Å². The van der Waals surface area contributed by atoms with E-state index in [2.05, 4.69) is 15.5 Å². The largest absolute Gasteiger partial charge is 0.378 e. The molecule has 3 rings (SSSR count). The van der Waals surface area contributed by atoms with E-state index in [0.29, 0.717) is 25.2 Å². The smallest absolute Gasteiger partial charge is 0.254 e. The average molecular weight is 329 g/mol. The molecule has 7 nitrogen and oxygen atoms in total. The zero-order chi connectivity index (χ0) is 17.1. The Labute approximate surface area is 141 Å². The van der Waals surface area contributed by atoms with Crippen LogP contribution in [0.4, 0.5) is 5.69 Å². The number of aryl methyl sites for hydroxylation is 1. The van der Waals surface area contributed by atoms with Crippen LogP contribution >= 0.6 is 0 Å². The Morgan fingerprint density at radius 2 is 1.92 bits per heavy atom. The lowest BCUT2D eigenvalue weighted by Crippen LogP contribution is -2.48. The van der Waals surface area contributed by atoms with E-state index in [4.69, 9.17) is 4.74 Å². The van der Waals surface area contributed by atoms with Gasteiger partial charge in [-0.1, -0.05) is 0 Å². The fraction of sp³-hybridized carbons (Fsp3) is 0.471. The number of nitrogens with zero attached hydrogens (tertiary/aromatic N) is 4. The molecule has 7 heteroatoms. The summed E-state index contributed by atoms with van der Waals surface area (Å²) < 4.78 is 7.55. The van der Waals surface area contributed by atoms with Gasteiger partial charge in [-0.25, -0.2) is 0 Å². The van der Waals surface area contributed by atoms with Gasteiger partial charge in [0.2, 0.25) is 0 Å². The minimum Gasteiger partial charge on any atom is -0.378 e. The predicted octanol–water partition coefficient (Wildman–Crippen LogP) is 1.68. The summed E-state index contributed by atoms with van der Waals surface area (Å²) in [6, 6.07) is 7.53. The Hall–Kier alpha value is -2.41. The summed E-state index contributed by atoms with van der Waals surface area (Å²) in [6.45, 7) is 5.85. The van der Waals surface area contributed by atoms with Crippen LogP contribution in [0.3, 0.4) is 0 Å². The van der Waals surface area contributed by atoms with Gasteiger partial charge in [-0.3, -0.25) is 4.79 Å². The van der Waals surface area contributed by atoms with Crippen LogP contribution in [-0.4, -0.2) is 50.9 Å². The van der Waals surface area contributed by atoms with Crippen LogP contribution < -0.4 is 5.32 Å². The molecular formula is C17H23N5O2. The van der Waals surface area contributed by atoms with Crippen LogP contribution in [-0.2, 0) is 18.3 Å². The van der Waals surface area contributed by atoms with Crippen LogP contribution in [0.5, 0.6) is 0 Å². The summed E-state index contributed by atoms with van der Waals surface area (Å²) in [5.41, 5.74) is 1.64. The molecule has 1 aromatic heterocycles. The number of hydrogen-bond acceptors (Lipinski definition) is 5. The topological polar surface area (TPSA) is 72.3 Å². The lowest BCUT2D eigenvalue weighted by molar-refractivity contribution is -0.0586. The van der Waals surface area contributed by atoms with Crippen molar-refractivity contribution in [1.82, 2.24) is 19.7 Å². The van der Waals surface area contributed by atoms with Crippen molar-refractivity contribution in [1.29, 1.82) is 0 Å². The molecule has 1 aliphatic rings. The minimum atomic E-state index is 0.0526. The number of amides is 1. The summed E-state index contributed by atoms with van der Waals surface area (Å²) in [6.07, 6.45) is 1.82. The second-order valence-corrected chi connectivity index (χ2v) is 6.26. The maximum Gasteiger partial charge on any atom is 0.254 e. The Morgan fingerprint density at radius 1 is 1.25 bits per heavy atom. The molecule has 0 spiro atoms. The predicted molar refractivity (Wildman–Crippen MR) is 90.7 cm³/mol. The molecule has 24 heavy (non-hydrogen) atoms. The third kappa shape index (κ3) is 3.73. The number of carbonyl (C=O) groups excluding carboxylic acids is 1. The molecule has 0 aliphatic carbocycles. The van der Waals surface area contributed by atoms with E-state index in [9.17, 15) is 4.79 Å². The monoisotopic (exact) mass is 329 g/mol. The number of aromatic nitrogens is 3. The molecule has 1 N–H and O–H groups in total. The number of ether oxygens (including phenoxy) is 1. The molecule has 1 saturated heterocycles. The van der Waals surface area contributed by atoms with Crippen LogP contribution in [0, 0.1) is 0 Å². The van der Waals surface area contributed by atoms with Gasteiger partial charge in [0, 0.05) is 31.4 Å². The molecule has 0 unspecified atom stereocenters. The average Bonchev–Trinajstić information content (AvgIpc) is 2.97. The van der Waals surface area contributed by atoms with Gasteiger partial charge in [-0.2, -0.15) is 0 Å². The van der Waals surface area contributed by atoms with Gasteiger partial charge in [0.05, 0.1) is 18.8 Å². The normalized spacial score (nSPS) is 20.9. The fourth-order valence-corrected chi connectivity index (χ4v) is 2.91. The number of nitrogens with one attached hydrogen (secondary N) is 1. The van der Waals surface area contributed by atoms with Crippen LogP contribution in [0.15, 0.2) is 30.6 Å². The van der Waals surface area contributed by atoms with E-state index < -0.39 is 0 Å². The zero-order valence-electron chi connectivity index (χ0n) is 14.3. The van der Waals surface area contributed by atoms with Crippen LogP contribution in [0.1, 0.15) is 30.0 Å². The molecule has 1 fully saturated rings. The first-order valence-electron chi connectivity index (χ1n) is 8.14. The summed E-state index contributed by atoms with van der Waals surface area (Å²) >= 11 is 0. The Kier molecular flexibility index (Phi) is 4.80. The number of carbonyl (C=O) groups is 1. The minimum absolute atomic E-state index is 0.0526. The first kappa shape index (κ1) is 16.4. The third-order valence-corrected chi connectivity index (χ3v) is 4.09. The van der Waals surface area contributed by atoms with Gasteiger partial charge in [-0.15, -0.1) is 10.2 Å². The van der Waals surface area contributed by atoms with E-state index in [1.54, 1.807) is 6.33 Å². The number of benzene rings is 1. The van der Waals surface area contributed by atoms with Gasteiger partial charge in [0.15, 0.2) is 5.82 Å². The molecular weight excluding hydrogens is 306 g/mol. The van der Waals surface area contributed by atoms with E-state index >= 15 is 0 Å². The van der Waals surface area contributed by atoms with Crippen molar-refractivity contribution in [2.75, 3.05) is 18.4 Å². The summed E-state index contributed by atoms with van der Waals surface area (Å²) in [4.78, 5) is 14.5. The highest BCUT2D eigenvalue weighted by molar-refractivity contribution is 5.94. The Bertz CT molecular complexity index is 687. The molecule has 0 saturated carbocycles. The van der Waals surface area contributed by atoms with Crippen LogP contribution in [0.2, 0.25) is 0 Å². The van der Waals surface area contributed by atoms with E-state index in [-0.39, 0.29) is 18.1 Å². The molecule has 1 aliphatic heterocycles. The van der Waals surface area contributed by atoms with Gasteiger partial charge < -0.3 is 19.5 Å². The number of rotatable bonds is 4. The molecule has 1 aromatic carbocycles. The zero-order valence-corrected chi connectivity index (χ0v) is 14.3. The highest BCUT2D eigenvalue weighted by atomic mass is 16.5. The van der Waals surface area contributed by atoms with Gasteiger partial charge in [0.25, 0.3) is 5.91 Å². The lowest BCUT2D eigenvalue weighted by Gasteiger charge is -2.35. The maximum atomic E-state index is 12.6. The standard InChI is InChI=1S/C17H23N5O2/c1-12-9-22(10-13(2)24-12)17(23)14-4-6-15(7-5-14)18-8-16-20-19-11-21(16)3/h4-7,11-13,18H,8-10H2,1-3H3/t12-,13-/m1/s1. The fourth-order valence-electron chi connectivity index (χ4n) is 2.91. The first-order chi connectivity index (χ1) is 11.5. The first-order valence-corrected chi connectivity index (χ1v) is 8.14. The summed E-state index contributed by atoms with van der Waals surface area (Å²) in [5.74, 6) is 0.906. The SMILES string of the molecule is C[C@@H]1CN(C(=O)c2ccc(NCc3nncn3C)cc2)C[C@@H](C)O1. The second kappa shape index (κ2) is 7.00. The maximum absolute atomic E-state index is 12.6. The molecule has 128 valence electrons. The Balaban J connectivity index is 1.61. The Morgan fingerprint density at radius 3 is 2.50 bits per heavy atom. The molecule has 0 radical (unpaired) electrons. The molecule has 2 atom stereocenters. The highest BCUT2D eigenvalue weighted by Gasteiger charge is 2.26. The van der Waals surface area contributed by atoms with Crippen molar-refractivity contribution < 1.29 is 9.53 Å². The summed E-state index contributed by atoms with van der Waals surface area (Å²) in [5, 5.41) is 11.2. The highest BCUT2D eigenvalue weighted by Crippen LogP contribution is 2.16. The van der Waals surface area contributed by atoms with Gasteiger partial charge in [-0.05, 0) is 38.1 Å². The van der Waals surface area contributed by atoms with Crippen molar-refractivity contribution in [3.8, 4) is 0 Å². The molecule has 2 heterocycles. The van der Waals surface area contributed by atoms with Crippen LogP contribution in [0.25, 0.3) is 0 Å². The molecule has 2 aromatic rings. The molecule has 0 bridgehead atoms. The molecule has 1 amide bonds. The number of hydrogen-bond donors (Lipinski definition) is 1. The van der Waals surface area contributed by atoms with Crippen molar-refractivity contribution in [3.05, 3.63) is 42.0 Å². The third-order valence-electron chi connectivity index (χ3n) is 4.09. The quantitative estimate of drug-likeness (QED) is 0.924. The van der Waals surface area contributed by atoms with E-state index in [1.807, 2.05) is 54.6 Å². The van der Waals surface area contributed by atoms with Crippen molar-refractivity contribution in [2.45, 2.75) is 32.6 Å². The number of anilines is 1.